The molecule has 0 aliphatic heterocycles. The first-order valence-corrected chi connectivity index (χ1v) is 7.96. The Bertz CT molecular complexity index is 820. The number of hydrogen-bond donors (Lipinski definition) is 2. The van der Waals surface area contributed by atoms with Crippen molar-refractivity contribution in [2.24, 2.45) is 5.84 Å². The van der Waals surface area contributed by atoms with E-state index in [1.54, 1.807) is 0 Å². The summed E-state index contributed by atoms with van der Waals surface area (Å²) >= 11 is 0. The van der Waals surface area contributed by atoms with E-state index < -0.39 is 0 Å². The molecule has 24 heavy (non-hydrogen) atoms. The Hall–Kier alpha value is -2.85. The maximum absolute atomic E-state index is 12.1. The van der Waals surface area contributed by atoms with Crippen LogP contribution in [0.4, 0.5) is 0 Å². The van der Waals surface area contributed by atoms with Crippen LogP contribution >= 0.6 is 0 Å². The summed E-state index contributed by atoms with van der Waals surface area (Å²) in [5.41, 5.74) is 7.49. The van der Waals surface area contributed by atoms with Crippen molar-refractivity contribution in [1.82, 2.24) is 9.99 Å². The van der Waals surface area contributed by atoms with Crippen molar-refractivity contribution in [3.05, 3.63) is 94.8 Å². The van der Waals surface area contributed by atoms with Crippen molar-refractivity contribution in [2.75, 3.05) is 0 Å². The van der Waals surface area contributed by atoms with E-state index in [1.807, 2.05) is 34.9 Å². The summed E-state index contributed by atoms with van der Waals surface area (Å²) < 4.78 is 2.03. The summed E-state index contributed by atoms with van der Waals surface area (Å²) in [5, 5.41) is 0. The molecule has 0 radical (unpaired) electrons. The Morgan fingerprint density at radius 1 is 0.958 bits per heavy atom. The van der Waals surface area contributed by atoms with Crippen molar-refractivity contribution >= 4 is 5.91 Å². The lowest BCUT2D eigenvalue weighted by Crippen LogP contribution is -2.32. The first-order chi connectivity index (χ1) is 11.7. The molecule has 0 aliphatic rings. The number of amides is 1. The Balaban J connectivity index is 1.94. The number of aromatic nitrogens is 1. The maximum Gasteiger partial charge on any atom is 0.281 e. The van der Waals surface area contributed by atoms with E-state index in [-0.39, 0.29) is 5.91 Å². The van der Waals surface area contributed by atoms with Crippen molar-refractivity contribution < 1.29 is 4.79 Å². The number of rotatable bonds is 5. The molecule has 0 saturated carbocycles. The Morgan fingerprint density at radius 2 is 1.67 bits per heavy atom. The molecule has 3 aromatic rings. The van der Waals surface area contributed by atoms with Gasteiger partial charge in [0.25, 0.3) is 5.91 Å². The van der Waals surface area contributed by atoms with Crippen LogP contribution in [0.5, 0.6) is 0 Å². The predicted molar refractivity (Wildman–Crippen MR) is 95.6 cm³/mol. The smallest absolute Gasteiger partial charge is 0.281 e. The van der Waals surface area contributed by atoms with Gasteiger partial charge in [-0.25, -0.2) is 5.84 Å². The molecule has 4 nitrogen and oxygen atoms in total. The second kappa shape index (κ2) is 7.15. The number of benzene rings is 2. The summed E-state index contributed by atoms with van der Waals surface area (Å²) in [6, 6.07) is 22.4. The molecule has 0 aliphatic carbocycles. The molecule has 0 saturated heterocycles. The summed E-state index contributed by atoms with van der Waals surface area (Å²) in [7, 11) is 0. The number of carbonyl (C=O) groups excluding carboxylic acids is 1. The van der Waals surface area contributed by atoms with Gasteiger partial charge in [-0.1, -0.05) is 60.2 Å². The summed E-state index contributed by atoms with van der Waals surface area (Å²) in [5.74, 6) is 5.06. The van der Waals surface area contributed by atoms with Gasteiger partial charge in [0.05, 0.1) is 0 Å². The van der Waals surface area contributed by atoms with E-state index in [0.717, 1.165) is 17.7 Å². The number of aryl methyl sites for hydroxylation is 1. The average molecular weight is 319 g/mol. The molecule has 2 aromatic carbocycles. The second-order valence-electron chi connectivity index (χ2n) is 5.92. The van der Waals surface area contributed by atoms with E-state index in [4.69, 9.17) is 5.84 Å². The number of nitrogens with two attached hydrogens (primary N) is 1. The zero-order valence-corrected chi connectivity index (χ0v) is 13.7. The molecule has 0 unspecified atom stereocenters. The van der Waals surface area contributed by atoms with Gasteiger partial charge in [-0.05, 0) is 30.2 Å². The Labute approximate surface area is 141 Å². The second-order valence-corrected chi connectivity index (χ2v) is 5.92. The number of nitrogens with zero attached hydrogens (tertiary/aromatic N) is 1. The minimum Gasteiger partial charge on any atom is -0.336 e. The number of nitrogen functional groups attached to an aromatic ring is 1. The van der Waals surface area contributed by atoms with Crippen LogP contribution in [0.2, 0.25) is 0 Å². The third-order valence-corrected chi connectivity index (χ3v) is 4.12. The summed E-state index contributed by atoms with van der Waals surface area (Å²) in [4.78, 5) is 12.1. The van der Waals surface area contributed by atoms with Gasteiger partial charge in [-0.15, -0.1) is 0 Å². The Kier molecular flexibility index (Phi) is 4.77. The highest BCUT2D eigenvalue weighted by molar-refractivity contribution is 5.92. The highest BCUT2D eigenvalue weighted by Crippen LogP contribution is 2.17. The van der Waals surface area contributed by atoms with Crippen molar-refractivity contribution in [3.63, 3.8) is 0 Å². The van der Waals surface area contributed by atoms with Gasteiger partial charge in [0.2, 0.25) is 0 Å². The molecule has 0 atom stereocenters. The van der Waals surface area contributed by atoms with E-state index in [2.05, 4.69) is 48.7 Å². The van der Waals surface area contributed by atoms with Gasteiger partial charge in [0, 0.05) is 18.7 Å². The van der Waals surface area contributed by atoms with Crippen LogP contribution in [0.1, 0.15) is 32.9 Å². The molecule has 0 spiro atoms. The predicted octanol–water partition coefficient (Wildman–Crippen LogP) is 3.04. The van der Waals surface area contributed by atoms with Crippen molar-refractivity contribution in [3.8, 4) is 0 Å². The molecule has 122 valence electrons. The van der Waals surface area contributed by atoms with Crippen LogP contribution in [0, 0.1) is 6.92 Å². The molecular formula is C20H21N3O. The van der Waals surface area contributed by atoms with Crippen molar-refractivity contribution in [2.45, 2.75) is 19.9 Å². The first-order valence-electron chi connectivity index (χ1n) is 7.96. The molecule has 0 fully saturated rings. The first kappa shape index (κ1) is 16.0. The minimum atomic E-state index is -0.277. The molecule has 1 heterocycles. The maximum atomic E-state index is 12.1. The quantitative estimate of drug-likeness (QED) is 0.431. The third kappa shape index (κ3) is 3.55. The fourth-order valence-corrected chi connectivity index (χ4v) is 2.80. The van der Waals surface area contributed by atoms with Gasteiger partial charge < -0.3 is 4.57 Å². The monoisotopic (exact) mass is 319 g/mol. The third-order valence-electron chi connectivity index (χ3n) is 4.12. The van der Waals surface area contributed by atoms with Crippen LogP contribution < -0.4 is 11.3 Å². The highest BCUT2D eigenvalue weighted by Gasteiger charge is 2.14. The molecular weight excluding hydrogens is 298 g/mol. The molecule has 4 heteroatoms. The van der Waals surface area contributed by atoms with E-state index in [9.17, 15) is 4.79 Å². The SMILES string of the molecule is Cc1ccc(Cc2ccc(C(=O)NN)n2Cc2ccccc2)cc1. The fraction of sp³-hybridized carbons (Fsp3) is 0.150. The van der Waals surface area contributed by atoms with Gasteiger partial charge in [-0.2, -0.15) is 0 Å². The number of nitrogens with one attached hydrogen (secondary N) is 1. The zero-order valence-electron chi connectivity index (χ0n) is 13.7. The normalized spacial score (nSPS) is 10.6. The molecule has 3 rings (SSSR count). The van der Waals surface area contributed by atoms with Gasteiger partial charge in [0.15, 0.2) is 0 Å². The molecule has 1 aromatic heterocycles. The molecule has 1 amide bonds. The van der Waals surface area contributed by atoms with E-state index in [1.165, 1.54) is 11.1 Å². The average Bonchev–Trinajstić information content (AvgIpc) is 2.99. The van der Waals surface area contributed by atoms with Crippen LogP contribution in [0.15, 0.2) is 66.7 Å². The van der Waals surface area contributed by atoms with Crippen LogP contribution in [-0.2, 0) is 13.0 Å². The lowest BCUT2D eigenvalue weighted by molar-refractivity contribution is 0.0944. The summed E-state index contributed by atoms with van der Waals surface area (Å²) in [6.45, 7) is 2.71. The molecule has 3 N–H and O–H groups in total. The Morgan fingerprint density at radius 3 is 2.33 bits per heavy atom. The zero-order chi connectivity index (χ0) is 16.9. The lowest BCUT2D eigenvalue weighted by atomic mass is 10.1. The fourth-order valence-electron chi connectivity index (χ4n) is 2.80. The van der Waals surface area contributed by atoms with E-state index in [0.29, 0.717) is 12.2 Å². The van der Waals surface area contributed by atoms with Crippen LogP contribution in [-0.4, -0.2) is 10.5 Å². The van der Waals surface area contributed by atoms with Gasteiger partial charge in [-0.3, -0.25) is 10.2 Å². The highest BCUT2D eigenvalue weighted by atomic mass is 16.2. The number of hydrazine groups is 1. The lowest BCUT2D eigenvalue weighted by Gasteiger charge is -2.13. The van der Waals surface area contributed by atoms with Crippen molar-refractivity contribution in [1.29, 1.82) is 0 Å². The number of carbonyl (C=O) groups is 1. The minimum absolute atomic E-state index is 0.277. The topological polar surface area (TPSA) is 60.1 Å². The largest absolute Gasteiger partial charge is 0.336 e. The van der Waals surface area contributed by atoms with Crippen LogP contribution in [0.3, 0.4) is 0 Å². The van der Waals surface area contributed by atoms with E-state index >= 15 is 0 Å². The van der Waals surface area contributed by atoms with Crippen LogP contribution in [0.25, 0.3) is 0 Å². The molecule has 0 bridgehead atoms. The number of hydrogen-bond acceptors (Lipinski definition) is 2. The summed E-state index contributed by atoms with van der Waals surface area (Å²) in [6.07, 6.45) is 0.769. The van der Waals surface area contributed by atoms with Gasteiger partial charge >= 0.3 is 0 Å². The standard InChI is InChI=1S/C20H21N3O/c1-15-7-9-16(10-8-15)13-18-11-12-19(20(24)22-21)23(18)14-17-5-3-2-4-6-17/h2-12H,13-14,21H2,1H3,(H,22,24). The van der Waals surface area contributed by atoms with Gasteiger partial charge in [0.1, 0.15) is 5.69 Å².